The quantitative estimate of drug-likeness (QED) is 0.0776. The first kappa shape index (κ1) is 34.9. The highest BCUT2D eigenvalue weighted by Gasteiger charge is 2.10. The van der Waals surface area contributed by atoms with Gasteiger partial charge in [0.25, 0.3) is 0 Å². The maximum Gasteiger partial charge on any atom is 0.306 e. The molecular formula is C32H62O4. The van der Waals surface area contributed by atoms with E-state index in [2.05, 4.69) is 20.8 Å². The van der Waals surface area contributed by atoms with E-state index in [-0.39, 0.29) is 11.9 Å². The van der Waals surface area contributed by atoms with E-state index in [1.165, 1.54) is 109 Å². The van der Waals surface area contributed by atoms with E-state index in [1.54, 1.807) is 0 Å². The molecule has 36 heavy (non-hydrogen) atoms. The van der Waals surface area contributed by atoms with E-state index < -0.39 is 0 Å². The Labute approximate surface area is 225 Å². The summed E-state index contributed by atoms with van der Waals surface area (Å²) in [6, 6.07) is 0. The standard InChI is InChI=1S/C32H62O4/c1-4-6-8-10-19-23-27-35-31(33)26-22-18-16-14-12-13-15-17-21-25-30(3)29-32(34)36-28-24-20-11-9-7-5-2/h30H,4-29H2,1-3H3. The molecule has 0 aromatic heterocycles. The van der Waals surface area contributed by atoms with Crippen molar-refractivity contribution in [1.82, 2.24) is 0 Å². The lowest BCUT2D eigenvalue weighted by Crippen LogP contribution is -2.10. The van der Waals surface area contributed by atoms with Crippen LogP contribution in [0, 0.1) is 5.92 Å². The third-order valence-electron chi connectivity index (χ3n) is 7.11. The second-order valence-corrected chi connectivity index (χ2v) is 11.0. The second-order valence-electron chi connectivity index (χ2n) is 11.0. The van der Waals surface area contributed by atoms with Crippen LogP contribution in [-0.4, -0.2) is 25.2 Å². The van der Waals surface area contributed by atoms with Gasteiger partial charge < -0.3 is 9.47 Å². The molecule has 4 heteroatoms. The van der Waals surface area contributed by atoms with Gasteiger partial charge in [0.15, 0.2) is 0 Å². The molecule has 0 aliphatic rings. The molecule has 0 saturated heterocycles. The first-order valence-corrected chi connectivity index (χ1v) is 15.9. The van der Waals surface area contributed by atoms with Gasteiger partial charge in [0.2, 0.25) is 0 Å². The number of unbranched alkanes of at least 4 members (excludes halogenated alkanes) is 18. The lowest BCUT2D eigenvalue weighted by molar-refractivity contribution is -0.145. The molecule has 0 rings (SSSR count). The highest BCUT2D eigenvalue weighted by atomic mass is 16.5. The summed E-state index contributed by atoms with van der Waals surface area (Å²) in [5, 5.41) is 0. The Morgan fingerprint density at radius 2 is 0.889 bits per heavy atom. The molecule has 0 aromatic rings. The highest BCUT2D eigenvalue weighted by Crippen LogP contribution is 2.16. The van der Waals surface area contributed by atoms with Crippen molar-refractivity contribution in [3.05, 3.63) is 0 Å². The highest BCUT2D eigenvalue weighted by molar-refractivity contribution is 5.69. The fraction of sp³-hybridized carbons (Fsp3) is 0.938. The fourth-order valence-electron chi connectivity index (χ4n) is 4.65. The summed E-state index contributed by atoms with van der Waals surface area (Å²) in [6.07, 6.45) is 27.9. The first-order chi connectivity index (χ1) is 17.6. The summed E-state index contributed by atoms with van der Waals surface area (Å²) in [7, 11) is 0. The lowest BCUT2D eigenvalue weighted by atomic mass is 9.99. The number of ether oxygens (including phenoxy) is 2. The van der Waals surface area contributed by atoms with Crippen LogP contribution in [0.2, 0.25) is 0 Å². The van der Waals surface area contributed by atoms with Crippen LogP contribution in [0.1, 0.15) is 175 Å². The van der Waals surface area contributed by atoms with E-state index in [4.69, 9.17) is 9.47 Å². The Hall–Kier alpha value is -1.06. The fourth-order valence-corrected chi connectivity index (χ4v) is 4.65. The van der Waals surface area contributed by atoms with Crippen LogP contribution < -0.4 is 0 Å². The van der Waals surface area contributed by atoms with Crippen molar-refractivity contribution >= 4 is 11.9 Å². The average Bonchev–Trinajstić information content (AvgIpc) is 2.86. The topological polar surface area (TPSA) is 52.6 Å². The van der Waals surface area contributed by atoms with Gasteiger partial charge in [-0.1, -0.05) is 143 Å². The van der Waals surface area contributed by atoms with Crippen molar-refractivity contribution in [2.75, 3.05) is 13.2 Å². The molecule has 0 saturated carbocycles. The van der Waals surface area contributed by atoms with Crippen molar-refractivity contribution in [2.45, 2.75) is 175 Å². The van der Waals surface area contributed by atoms with Gasteiger partial charge in [-0.15, -0.1) is 0 Å². The van der Waals surface area contributed by atoms with Crippen molar-refractivity contribution in [3.63, 3.8) is 0 Å². The van der Waals surface area contributed by atoms with Gasteiger partial charge >= 0.3 is 11.9 Å². The molecule has 1 unspecified atom stereocenters. The van der Waals surface area contributed by atoms with Gasteiger partial charge in [0.1, 0.15) is 0 Å². The Balaban J connectivity index is 3.33. The SMILES string of the molecule is CCCCCCCCOC(=O)CCCCCCCCCCCC(C)CC(=O)OCCCCCCCC. The molecule has 0 N–H and O–H groups in total. The second kappa shape index (κ2) is 28.5. The molecule has 0 radical (unpaired) electrons. The average molecular weight is 511 g/mol. The van der Waals surface area contributed by atoms with E-state index in [9.17, 15) is 9.59 Å². The number of rotatable bonds is 28. The number of hydrogen-bond acceptors (Lipinski definition) is 4. The van der Waals surface area contributed by atoms with Crippen LogP contribution in [0.15, 0.2) is 0 Å². The summed E-state index contributed by atoms with van der Waals surface area (Å²) < 4.78 is 10.7. The van der Waals surface area contributed by atoms with Crippen molar-refractivity contribution in [2.24, 2.45) is 5.92 Å². The third kappa shape index (κ3) is 27.5. The largest absolute Gasteiger partial charge is 0.466 e. The smallest absolute Gasteiger partial charge is 0.306 e. The van der Waals surface area contributed by atoms with Crippen molar-refractivity contribution in [3.8, 4) is 0 Å². The Morgan fingerprint density at radius 1 is 0.500 bits per heavy atom. The van der Waals surface area contributed by atoms with Gasteiger partial charge in [-0.3, -0.25) is 9.59 Å². The van der Waals surface area contributed by atoms with Crippen LogP contribution in [0.5, 0.6) is 0 Å². The molecule has 0 aliphatic heterocycles. The Kier molecular flexibility index (Phi) is 27.7. The molecule has 0 heterocycles. The maximum absolute atomic E-state index is 12.0. The van der Waals surface area contributed by atoms with Crippen LogP contribution >= 0.6 is 0 Å². The van der Waals surface area contributed by atoms with Gasteiger partial charge in [0, 0.05) is 12.8 Å². The number of carbonyl (C=O) groups is 2. The Bertz CT molecular complexity index is 477. The minimum Gasteiger partial charge on any atom is -0.466 e. The van der Waals surface area contributed by atoms with E-state index in [0.29, 0.717) is 32.0 Å². The van der Waals surface area contributed by atoms with Crippen LogP contribution in [-0.2, 0) is 19.1 Å². The van der Waals surface area contributed by atoms with E-state index in [1.807, 2.05) is 0 Å². The van der Waals surface area contributed by atoms with Crippen molar-refractivity contribution < 1.29 is 19.1 Å². The molecule has 1 atom stereocenters. The molecule has 4 nitrogen and oxygen atoms in total. The normalized spacial score (nSPS) is 12.0. The van der Waals surface area contributed by atoms with E-state index >= 15 is 0 Å². The molecule has 0 spiro atoms. The molecular weight excluding hydrogens is 448 g/mol. The summed E-state index contributed by atoms with van der Waals surface area (Å²) in [5.41, 5.74) is 0. The van der Waals surface area contributed by atoms with Gasteiger partial charge in [-0.05, 0) is 25.2 Å². The summed E-state index contributed by atoms with van der Waals surface area (Å²) in [6.45, 7) is 7.84. The number of esters is 2. The van der Waals surface area contributed by atoms with Gasteiger partial charge in [0.05, 0.1) is 13.2 Å². The van der Waals surface area contributed by atoms with Crippen LogP contribution in [0.3, 0.4) is 0 Å². The molecule has 0 fully saturated rings. The zero-order valence-corrected chi connectivity index (χ0v) is 24.6. The summed E-state index contributed by atoms with van der Waals surface area (Å²) in [4.78, 5) is 23.7. The predicted molar refractivity (Wildman–Crippen MR) is 153 cm³/mol. The zero-order valence-electron chi connectivity index (χ0n) is 24.6. The van der Waals surface area contributed by atoms with Crippen LogP contribution in [0.4, 0.5) is 0 Å². The minimum atomic E-state index is -0.0119. The molecule has 0 aliphatic carbocycles. The lowest BCUT2D eigenvalue weighted by Gasteiger charge is -2.11. The summed E-state index contributed by atoms with van der Waals surface area (Å²) in [5.74, 6) is 0.408. The maximum atomic E-state index is 12.0. The summed E-state index contributed by atoms with van der Waals surface area (Å²) >= 11 is 0. The number of hydrogen-bond donors (Lipinski definition) is 0. The number of carbonyl (C=O) groups excluding carboxylic acids is 2. The van der Waals surface area contributed by atoms with Crippen LogP contribution in [0.25, 0.3) is 0 Å². The third-order valence-corrected chi connectivity index (χ3v) is 7.11. The molecule has 0 bridgehead atoms. The molecule has 0 amide bonds. The minimum absolute atomic E-state index is 0.0103. The van der Waals surface area contributed by atoms with E-state index in [0.717, 1.165) is 32.1 Å². The molecule has 0 aromatic carbocycles. The van der Waals surface area contributed by atoms with Gasteiger partial charge in [-0.2, -0.15) is 0 Å². The zero-order chi connectivity index (χ0) is 26.5. The monoisotopic (exact) mass is 510 g/mol. The first-order valence-electron chi connectivity index (χ1n) is 15.9. The Morgan fingerprint density at radius 3 is 1.39 bits per heavy atom. The van der Waals surface area contributed by atoms with Gasteiger partial charge in [-0.25, -0.2) is 0 Å². The predicted octanol–water partition coefficient (Wildman–Crippen LogP) is 10.1. The van der Waals surface area contributed by atoms with Crippen molar-refractivity contribution in [1.29, 1.82) is 0 Å². The molecule has 214 valence electrons.